The number of anilines is 2. The molecule has 0 bridgehead atoms. The van der Waals surface area contributed by atoms with Gasteiger partial charge in [0.15, 0.2) is 0 Å². The second kappa shape index (κ2) is 7.94. The number of hydrogen-bond donors (Lipinski definition) is 2. The molecule has 19 heavy (non-hydrogen) atoms. The predicted molar refractivity (Wildman–Crippen MR) is 81.8 cm³/mol. The van der Waals surface area contributed by atoms with Crippen LogP contribution in [0, 0.1) is 0 Å². The maximum atomic E-state index is 4.53. The molecule has 0 radical (unpaired) electrons. The van der Waals surface area contributed by atoms with Gasteiger partial charge >= 0.3 is 0 Å². The van der Waals surface area contributed by atoms with Crippen molar-refractivity contribution >= 4 is 11.6 Å². The van der Waals surface area contributed by atoms with E-state index >= 15 is 0 Å². The third kappa shape index (κ3) is 5.87. The maximum Gasteiger partial charge on any atom is 0.132 e. The highest BCUT2D eigenvalue weighted by Gasteiger charge is 2.07. The summed E-state index contributed by atoms with van der Waals surface area (Å²) in [6.45, 7) is 8.29. The maximum absolute atomic E-state index is 4.53. The average Bonchev–Trinajstić information content (AvgIpc) is 2.34. The molecule has 0 aromatic carbocycles. The molecule has 0 fully saturated rings. The summed E-state index contributed by atoms with van der Waals surface area (Å²) in [5.74, 6) is 2.69. The van der Waals surface area contributed by atoms with Gasteiger partial charge in [-0.05, 0) is 27.4 Å². The van der Waals surface area contributed by atoms with Crippen molar-refractivity contribution in [1.82, 2.24) is 14.9 Å². The fourth-order valence-corrected chi connectivity index (χ4v) is 1.92. The molecule has 0 aliphatic carbocycles. The summed E-state index contributed by atoms with van der Waals surface area (Å²) < 4.78 is 0. The normalized spacial score (nSPS) is 12.5. The summed E-state index contributed by atoms with van der Waals surface area (Å²) in [5.41, 5.74) is 0. The fraction of sp³-hybridized carbons (Fsp3) is 0.714. The molecule has 5 nitrogen and oxygen atoms in total. The summed E-state index contributed by atoms with van der Waals surface area (Å²) in [7, 11) is 4.15. The first-order valence-corrected chi connectivity index (χ1v) is 7.08. The molecule has 1 unspecified atom stereocenters. The lowest BCUT2D eigenvalue weighted by atomic mass is 10.3. The van der Waals surface area contributed by atoms with Crippen molar-refractivity contribution in [2.75, 3.05) is 37.8 Å². The summed E-state index contributed by atoms with van der Waals surface area (Å²) in [5, 5.41) is 6.75. The second-order valence-electron chi connectivity index (χ2n) is 5.14. The molecule has 0 aliphatic heterocycles. The molecule has 108 valence electrons. The van der Waals surface area contributed by atoms with Crippen LogP contribution in [0.3, 0.4) is 0 Å². The Morgan fingerprint density at radius 2 is 1.89 bits per heavy atom. The average molecular weight is 265 g/mol. The lowest BCUT2D eigenvalue weighted by Gasteiger charge is -2.19. The van der Waals surface area contributed by atoms with Crippen molar-refractivity contribution in [3.05, 3.63) is 11.9 Å². The predicted octanol–water partition coefficient (Wildman–Crippen LogP) is 2.22. The monoisotopic (exact) mass is 265 g/mol. The zero-order valence-electron chi connectivity index (χ0n) is 12.8. The molecule has 1 rings (SSSR count). The van der Waals surface area contributed by atoms with E-state index in [1.807, 2.05) is 6.07 Å². The molecule has 0 saturated heterocycles. The van der Waals surface area contributed by atoms with Crippen molar-refractivity contribution in [3.63, 3.8) is 0 Å². The Kier molecular flexibility index (Phi) is 6.56. The van der Waals surface area contributed by atoms with E-state index in [0.29, 0.717) is 6.04 Å². The first-order valence-electron chi connectivity index (χ1n) is 7.08. The minimum atomic E-state index is 0.355. The zero-order chi connectivity index (χ0) is 14.3. The van der Waals surface area contributed by atoms with Crippen LogP contribution in [0.2, 0.25) is 0 Å². The Morgan fingerprint density at radius 3 is 2.47 bits per heavy atom. The molecule has 2 N–H and O–H groups in total. The number of aromatic nitrogens is 2. The molecule has 0 aliphatic rings. The van der Waals surface area contributed by atoms with Crippen LogP contribution in [0.5, 0.6) is 0 Å². The quantitative estimate of drug-likeness (QED) is 0.755. The molecule has 0 amide bonds. The van der Waals surface area contributed by atoms with Gasteiger partial charge in [0.25, 0.3) is 0 Å². The van der Waals surface area contributed by atoms with Crippen molar-refractivity contribution in [3.8, 4) is 0 Å². The lowest BCUT2D eigenvalue weighted by molar-refractivity contribution is 0.392. The van der Waals surface area contributed by atoms with Crippen LogP contribution in [-0.4, -0.2) is 48.1 Å². The van der Waals surface area contributed by atoms with Gasteiger partial charge in [-0.3, -0.25) is 0 Å². The van der Waals surface area contributed by atoms with E-state index in [1.165, 1.54) is 0 Å². The van der Waals surface area contributed by atoms with E-state index in [4.69, 9.17) is 0 Å². The zero-order valence-corrected chi connectivity index (χ0v) is 12.8. The van der Waals surface area contributed by atoms with E-state index in [1.54, 1.807) is 0 Å². The van der Waals surface area contributed by atoms with Gasteiger partial charge in [-0.1, -0.05) is 13.8 Å². The van der Waals surface area contributed by atoms with Gasteiger partial charge in [0.2, 0.25) is 0 Å². The lowest BCUT2D eigenvalue weighted by Crippen LogP contribution is -2.30. The van der Waals surface area contributed by atoms with E-state index in [0.717, 1.165) is 43.4 Å². The Labute approximate surface area is 116 Å². The summed E-state index contributed by atoms with van der Waals surface area (Å²) in [6.07, 6.45) is 1.93. The molecule has 5 heteroatoms. The Hall–Kier alpha value is -1.36. The SMILES string of the molecule is CCCNc1cc(NC(C)CN(C)C)nc(CC)n1. The van der Waals surface area contributed by atoms with E-state index in [9.17, 15) is 0 Å². The van der Waals surface area contributed by atoms with E-state index < -0.39 is 0 Å². The third-order valence-corrected chi connectivity index (χ3v) is 2.68. The fourth-order valence-electron chi connectivity index (χ4n) is 1.92. The van der Waals surface area contributed by atoms with Gasteiger partial charge in [0.1, 0.15) is 17.5 Å². The summed E-state index contributed by atoms with van der Waals surface area (Å²) in [4.78, 5) is 11.2. The minimum Gasteiger partial charge on any atom is -0.370 e. The molecule has 0 saturated carbocycles. The first-order chi connectivity index (χ1) is 9.05. The Bertz CT molecular complexity index is 378. The van der Waals surface area contributed by atoms with Gasteiger partial charge < -0.3 is 15.5 Å². The number of nitrogens with one attached hydrogen (secondary N) is 2. The van der Waals surface area contributed by atoms with Crippen LogP contribution in [0.15, 0.2) is 6.07 Å². The van der Waals surface area contributed by atoms with Crippen LogP contribution < -0.4 is 10.6 Å². The van der Waals surface area contributed by atoms with Gasteiger partial charge in [0, 0.05) is 31.6 Å². The number of rotatable bonds is 8. The highest BCUT2D eigenvalue weighted by molar-refractivity contribution is 5.48. The summed E-state index contributed by atoms with van der Waals surface area (Å²) in [6, 6.07) is 2.34. The molecular weight excluding hydrogens is 238 g/mol. The van der Waals surface area contributed by atoms with Crippen LogP contribution in [0.4, 0.5) is 11.6 Å². The first kappa shape index (κ1) is 15.7. The summed E-state index contributed by atoms with van der Waals surface area (Å²) >= 11 is 0. The smallest absolute Gasteiger partial charge is 0.132 e. The molecular formula is C14H27N5. The van der Waals surface area contributed by atoms with Crippen LogP contribution in [-0.2, 0) is 6.42 Å². The standard InChI is InChI=1S/C14H27N5/c1-6-8-15-13-9-14(18-12(7-2)17-13)16-11(3)10-19(4)5/h9,11H,6-8,10H2,1-5H3,(H2,15,16,17,18). The number of aryl methyl sites for hydroxylation is 1. The van der Waals surface area contributed by atoms with Gasteiger partial charge in [0.05, 0.1) is 0 Å². The Morgan fingerprint density at radius 1 is 1.21 bits per heavy atom. The molecule has 1 heterocycles. The molecule has 1 aromatic rings. The van der Waals surface area contributed by atoms with Crippen LogP contribution in [0.25, 0.3) is 0 Å². The largest absolute Gasteiger partial charge is 0.370 e. The van der Waals surface area contributed by atoms with Gasteiger partial charge in [-0.15, -0.1) is 0 Å². The highest BCUT2D eigenvalue weighted by Crippen LogP contribution is 2.13. The van der Waals surface area contributed by atoms with E-state index in [2.05, 4.69) is 60.4 Å². The van der Waals surface area contributed by atoms with Crippen molar-refractivity contribution in [2.45, 2.75) is 39.7 Å². The molecule has 0 spiro atoms. The third-order valence-electron chi connectivity index (χ3n) is 2.68. The van der Waals surface area contributed by atoms with Crippen LogP contribution in [0.1, 0.15) is 33.0 Å². The van der Waals surface area contributed by atoms with Crippen LogP contribution >= 0.6 is 0 Å². The minimum absolute atomic E-state index is 0.355. The van der Waals surface area contributed by atoms with E-state index in [-0.39, 0.29) is 0 Å². The molecule has 1 aromatic heterocycles. The second-order valence-corrected chi connectivity index (χ2v) is 5.14. The molecule has 1 atom stereocenters. The van der Waals surface area contributed by atoms with Crippen molar-refractivity contribution in [1.29, 1.82) is 0 Å². The Balaban J connectivity index is 2.75. The highest BCUT2D eigenvalue weighted by atomic mass is 15.1. The number of hydrogen-bond acceptors (Lipinski definition) is 5. The van der Waals surface area contributed by atoms with Gasteiger partial charge in [-0.2, -0.15) is 0 Å². The number of nitrogens with zero attached hydrogens (tertiary/aromatic N) is 3. The van der Waals surface area contributed by atoms with Gasteiger partial charge in [-0.25, -0.2) is 9.97 Å². The number of likely N-dealkylation sites (N-methyl/N-ethyl adjacent to an activating group) is 1. The van der Waals surface area contributed by atoms with Crippen molar-refractivity contribution in [2.24, 2.45) is 0 Å². The van der Waals surface area contributed by atoms with Crippen molar-refractivity contribution < 1.29 is 0 Å². The topological polar surface area (TPSA) is 53.1 Å².